The zero-order valence-electron chi connectivity index (χ0n) is 13.9. The van der Waals surface area contributed by atoms with Crippen molar-refractivity contribution in [1.82, 2.24) is 4.90 Å². The van der Waals surface area contributed by atoms with Crippen LogP contribution < -0.4 is 4.90 Å². The van der Waals surface area contributed by atoms with Gasteiger partial charge in [-0.05, 0) is 23.8 Å². The summed E-state index contributed by atoms with van der Waals surface area (Å²) in [5, 5.41) is 31.7. The monoisotopic (exact) mass is 358 g/mol. The normalized spacial score (nSPS) is 15.0. The zero-order valence-corrected chi connectivity index (χ0v) is 13.9. The molecular weight excluding hydrogens is 340 g/mol. The fourth-order valence-electron chi connectivity index (χ4n) is 3.10. The molecule has 0 atom stereocenters. The van der Waals surface area contributed by atoms with Gasteiger partial charge in [0, 0.05) is 38.8 Å². The molecule has 0 aromatic heterocycles. The van der Waals surface area contributed by atoms with E-state index in [4.69, 9.17) is 0 Å². The number of benzene rings is 2. The van der Waals surface area contributed by atoms with Gasteiger partial charge < -0.3 is 10.0 Å². The van der Waals surface area contributed by atoms with Crippen molar-refractivity contribution in [1.29, 1.82) is 0 Å². The van der Waals surface area contributed by atoms with E-state index in [-0.39, 0.29) is 17.1 Å². The number of hydrogen-bond donors (Lipinski definition) is 1. The van der Waals surface area contributed by atoms with Crippen LogP contribution in [0.1, 0.15) is 5.56 Å². The van der Waals surface area contributed by atoms with Crippen LogP contribution in [0.5, 0.6) is 5.75 Å². The van der Waals surface area contributed by atoms with E-state index in [1.807, 2.05) is 11.0 Å². The minimum absolute atomic E-state index is 0.225. The summed E-state index contributed by atoms with van der Waals surface area (Å²) < 4.78 is 0. The first-order valence-corrected chi connectivity index (χ1v) is 8.12. The molecule has 0 unspecified atom stereocenters. The van der Waals surface area contributed by atoms with Crippen LogP contribution in [0.3, 0.4) is 0 Å². The van der Waals surface area contributed by atoms with Gasteiger partial charge in [0.15, 0.2) is 0 Å². The van der Waals surface area contributed by atoms with Crippen molar-refractivity contribution in [2.24, 2.45) is 0 Å². The van der Waals surface area contributed by atoms with Crippen molar-refractivity contribution >= 4 is 17.1 Å². The number of phenolic OH excluding ortho intramolecular Hbond substituents is 1. The van der Waals surface area contributed by atoms with Crippen LogP contribution in [0.2, 0.25) is 0 Å². The smallest absolute Gasteiger partial charge is 0.299 e. The van der Waals surface area contributed by atoms with Gasteiger partial charge in [-0.1, -0.05) is 12.1 Å². The van der Waals surface area contributed by atoms with Crippen LogP contribution in [0, 0.1) is 20.2 Å². The zero-order chi connectivity index (χ0) is 18.7. The third-order valence-corrected chi connectivity index (χ3v) is 4.40. The summed E-state index contributed by atoms with van der Waals surface area (Å²) in [7, 11) is 0. The lowest BCUT2D eigenvalue weighted by molar-refractivity contribution is -0.393. The van der Waals surface area contributed by atoms with E-state index in [1.54, 1.807) is 18.2 Å². The summed E-state index contributed by atoms with van der Waals surface area (Å²) in [5.74, 6) is 0.225. The molecule has 2 aromatic carbocycles. The highest BCUT2D eigenvalue weighted by atomic mass is 16.6. The van der Waals surface area contributed by atoms with E-state index < -0.39 is 9.85 Å². The Bertz CT molecular complexity index is 834. The van der Waals surface area contributed by atoms with Crippen molar-refractivity contribution in [3.8, 4) is 5.75 Å². The van der Waals surface area contributed by atoms with E-state index in [9.17, 15) is 25.3 Å². The van der Waals surface area contributed by atoms with Crippen molar-refractivity contribution in [3.05, 3.63) is 68.3 Å². The van der Waals surface area contributed by atoms with Gasteiger partial charge in [0.2, 0.25) is 0 Å². The average Bonchev–Trinajstić information content (AvgIpc) is 2.62. The largest absolute Gasteiger partial charge is 0.508 e. The van der Waals surface area contributed by atoms with Gasteiger partial charge in [0.25, 0.3) is 11.4 Å². The Kier molecular flexibility index (Phi) is 4.99. The maximum atomic E-state index is 11.3. The van der Waals surface area contributed by atoms with E-state index >= 15 is 0 Å². The SMILES string of the molecule is O=[N+]([O-])c1ccc(N2CCN(Cc3cccc(O)c3)CC2)c([N+](=O)[O-])c1. The molecule has 0 amide bonds. The molecule has 1 heterocycles. The Balaban J connectivity index is 1.69. The number of aromatic hydroxyl groups is 1. The van der Waals surface area contributed by atoms with Gasteiger partial charge in [-0.2, -0.15) is 0 Å². The molecule has 0 saturated carbocycles. The van der Waals surface area contributed by atoms with Crippen LogP contribution >= 0.6 is 0 Å². The van der Waals surface area contributed by atoms with Crippen molar-refractivity contribution < 1.29 is 15.0 Å². The van der Waals surface area contributed by atoms with Crippen LogP contribution in [0.4, 0.5) is 17.1 Å². The summed E-state index contributed by atoms with van der Waals surface area (Å²) in [6, 6.07) is 10.8. The quantitative estimate of drug-likeness (QED) is 0.645. The van der Waals surface area contributed by atoms with Crippen molar-refractivity contribution in [2.75, 3.05) is 31.1 Å². The van der Waals surface area contributed by atoms with Crippen LogP contribution in [-0.2, 0) is 6.54 Å². The Morgan fingerprint density at radius 2 is 1.69 bits per heavy atom. The predicted octanol–water partition coefficient (Wildman–Crippen LogP) is 2.53. The highest BCUT2D eigenvalue weighted by molar-refractivity contribution is 5.67. The minimum atomic E-state index is -0.635. The number of hydrogen-bond acceptors (Lipinski definition) is 7. The Labute approximate surface area is 149 Å². The van der Waals surface area contributed by atoms with Crippen LogP contribution in [0.25, 0.3) is 0 Å². The Hall–Kier alpha value is -3.20. The molecule has 0 spiro atoms. The number of phenols is 1. The molecule has 9 heteroatoms. The molecule has 0 bridgehead atoms. The maximum Gasteiger partial charge on any atom is 0.299 e. The minimum Gasteiger partial charge on any atom is -0.508 e. The van der Waals surface area contributed by atoms with Crippen LogP contribution in [0.15, 0.2) is 42.5 Å². The standard InChI is InChI=1S/C17H18N4O5/c22-15-3-1-2-13(10-15)12-18-6-8-19(9-7-18)16-5-4-14(20(23)24)11-17(16)21(25)26/h1-5,10-11,22H,6-9,12H2. The average molecular weight is 358 g/mol. The molecule has 136 valence electrons. The van der Waals surface area contributed by atoms with Crippen molar-refractivity contribution in [2.45, 2.75) is 6.54 Å². The first-order chi connectivity index (χ1) is 12.4. The molecule has 1 fully saturated rings. The first-order valence-electron chi connectivity index (χ1n) is 8.12. The van der Waals surface area contributed by atoms with Gasteiger partial charge in [-0.3, -0.25) is 25.1 Å². The van der Waals surface area contributed by atoms with Gasteiger partial charge in [0.1, 0.15) is 11.4 Å². The number of nitrogens with zero attached hydrogens (tertiary/aromatic N) is 4. The number of nitro groups is 2. The molecule has 1 aliphatic heterocycles. The number of nitro benzene ring substituents is 2. The third kappa shape index (κ3) is 3.89. The number of anilines is 1. The number of rotatable bonds is 5. The second kappa shape index (κ2) is 7.36. The van der Waals surface area contributed by atoms with Crippen LogP contribution in [-0.4, -0.2) is 46.0 Å². The summed E-state index contributed by atoms with van der Waals surface area (Å²) in [6.45, 7) is 3.24. The fourth-order valence-corrected chi connectivity index (χ4v) is 3.10. The van der Waals surface area contributed by atoms with E-state index in [1.165, 1.54) is 12.1 Å². The Morgan fingerprint density at radius 1 is 0.962 bits per heavy atom. The molecule has 0 aliphatic carbocycles. The predicted molar refractivity (Wildman–Crippen MR) is 95.3 cm³/mol. The highest BCUT2D eigenvalue weighted by Gasteiger charge is 2.26. The molecular formula is C17H18N4O5. The Morgan fingerprint density at radius 3 is 2.31 bits per heavy atom. The van der Waals surface area contributed by atoms with Gasteiger partial charge >= 0.3 is 0 Å². The lowest BCUT2D eigenvalue weighted by Crippen LogP contribution is -2.46. The first kappa shape index (κ1) is 17.6. The van der Waals surface area contributed by atoms with E-state index in [0.29, 0.717) is 38.4 Å². The molecule has 26 heavy (non-hydrogen) atoms. The van der Waals surface area contributed by atoms with E-state index in [0.717, 1.165) is 11.6 Å². The summed E-state index contributed by atoms with van der Waals surface area (Å²) in [4.78, 5) is 25.0. The summed E-state index contributed by atoms with van der Waals surface area (Å²) >= 11 is 0. The van der Waals surface area contributed by atoms with Crippen molar-refractivity contribution in [3.63, 3.8) is 0 Å². The summed E-state index contributed by atoms with van der Waals surface area (Å²) in [6.07, 6.45) is 0. The molecule has 1 N–H and O–H groups in total. The molecule has 3 rings (SSSR count). The highest BCUT2D eigenvalue weighted by Crippen LogP contribution is 2.32. The molecule has 1 saturated heterocycles. The van der Waals surface area contributed by atoms with Gasteiger partial charge in [0.05, 0.1) is 15.9 Å². The maximum absolute atomic E-state index is 11.3. The molecule has 1 aliphatic rings. The molecule has 0 radical (unpaired) electrons. The lowest BCUT2D eigenvalue weighted by atomic mass is 10.1. The second-order valence-corrected chi connectivity index (χ2v) is 6.12. The topological polar surface area (TPSA) is 113 Å². The van der Waals surface area contributed by atoms with Gasteiger partial charge in [-0.15, -0.1) is 0 Å². The number of non-ortho nitro benzene ring substituents is 1. The third-order valence-electron chi connectivity index (χ3n) is 4.40. The van der Waals surface area contributed by atoms with E-state index in [2.05, 4.69) is 4.90 Å². The lowest BCUT2D eigenvalue weighted by Gasteiger charge is -2.35. The van der Waals surface area contributed by atoms with Gasteiger partial charge in [-0.25, -0.2) is 0 Å². The summed E-state index contributed by atoms with van der Waals surface area (Å²) in [5.41, 5.74) is 0.862. The molecule has 2 aromatic rings. The number of piperazine rings is 1. The molecule has 9 nitrogen and oxygen atoms in total. The fraction of sp³-hybridized carbons (Fsp3) is 0.294. The second-order valence-electron chi connectivity index (χ2n) is 6.12.